The Morgan fingerprint density at radius 1 is 1.23 bits per heavy atom. The molecule has 0 aromatic heterocycles. The molecule has 0 aromatic rings. The van der Waals surface area contributed by atoms with Crippen LogP contribution in [-0.4, -0.2) is 37.6 Å². The molecule has 0 saturated heterocycles. The maximum absolute atomic E-state index is 3.45. The van der Waals surface area contributed by atoms with Gasteiger partial charge in [-0.1, -0.05) is 6.42 Å². The number of hydrogen-bond acceptors (Lipinski definition) is 2. The van der Waals surface area contributed by atoms with Gasteiger partial charge in [-0.3, -0.25) is 0 Å². The van der Waals surface area contributed by atoms with Gasteiger partial charge in [-0.15, -0.1) is 0 Å². The molecule has 0 radical (unpaired) electrons. The molecule has 2 heteroatoms. The van der Waals surface area contributed by atoms with Crippen LogP contribution in [0.1, 0.15) is 32.1 Å². The van der Waals surface area contributed by atoms with Gasteiger partial charge in [0.15, 0.2) is 0 Å². The highest BCUT2D eigenvalue weighted by Gasteiger charge is 2.31. The average Bonchev–Trinajstić information content (AvgIpc) is 2.88. The molecule has 1 N–H and O–H groups in total. The topological polar surface area (TPSA) is 15.3 Å². The fraction of sp³-hybridized carbons (Fsp3) is 1.00. The molecule has 2 fully saturated rings. The molecule has 0 aliphatic heterocycles. The molecule has 2 rings (SSSR count). The van der Waals surface area contributed by atoms with Gasteiger partial charge < -0.3 is 10.2 Å². The van der Waals surface area contributed by atoms with Crippen molar-refractivity contribution in [1.82, 2.24) is 10.2 Å². The van der Waals surface area contributed by atoms with E-state index in [2.05, 4.69) is 24.3 Å². The monoisotopic (exact) mass is 182 g/mol. The molecule has 2 nitrogen and oxygen atoms in total. The fourth-order valence-electron chi connectivity index (χ4n) is 2.67. The van der Waals surface area contributed by atoms with Gasteiger partial charge in [0.2, 0.25) is 0 Å². The summed E-state index contributed by atoms with van der Waals surface area (Å²) >= 11 is 0. The van der Waals surface area contributed by atoms with Crippen LogP contribution in [0.15, 0.2) is 0 Å². The summed E-state index contributed by atoms with van der Waals surface area (Å²) in [5, 5.41) is 3.45. The Balaban J connectivity index is 1.78. The van der Waals surface area contributed by atoms with Crippen LogP contribution in [-0.2, 0) is 0 Å². The number of rotatable bonds is 4. The summed E-state index contributed by atoms with van der Waals surface area (Å²) in [6, 6.07) is 1.72. The fourth-order valence-corrected chi connectivity index (χ4v) is 2.67. The van der Waals surface area contributed by atoms with E-state index in [1.807, 2.05) is 0 Å². The molecule has 2 aliphatic rings. The molecule has 2 atom stereocenters. The molecular weight excluding hydrogens is 160 g/mol. The van der Waals surface area contributed by atoms with Crippen LogP contribution < -0.4 is 5.32 Å². The Morgan fingerprint density at radius 2 is 2.00 bits per heavy atom. The van der Waals surface area contributed by atoms with E-state index in [1.165, 1.54) is 38.6 Å². The highest BCUT2D eigenvalue weighted by molar-refractivity contribution is 4.88. The Bertz CT molecular complexity index is 165. The normalized spacial score (nSPS) is 34.4. The first-order chi connectivity index (χ1) is 6.31. The van der Waals surface area contributed by atoms with E-state index in [1.54, 1.807) is 0 Å². The van der Waals surface area contributed by atoms with Crippen LogP contribution >= 0.6 is 0 Å². The van der Waals surface area contributed by atoms with Crippen LogP contribution in [0, 0.1) is 5.92 Å². The number of hydrogen-bond donors (Lipinski definition) is 1. The molecule has 2 saturated carbocycles. The van der Waals surface area contributed by atoms with Crippen molar-refractivity contribution < 1.29 is 0 Å². The first kappa shape index (κ1) is 9.47. The summed E-state index contributed by atoms with van der Waals surface area (Å²) in [5.41, 5.74) is 0. The van der Waals surface area contributed by atoms with Crippen molar-refractivity contribution in [2.24, 2.45) is 5.92 Å². The van der Waals surface area contributed by atoms with Gasteiger partial charge in [0.1, 0.15) is 0 Å². The molecule has 0 spiro atoms. The van der Waals surface area contributed by atoms with Crippen molar-refractivity contribution in [2.45, 2.75) is 44.2 Å². The predicted molar refractivity (Wildman–Crippen MR) is 55.8 cm³/mol. The lowest BCUT2D eigenvalue weighted by molar-refractivity contribution is 0.247. The van der Waals surface area contributed by atoms with Crippen molar-refractivity contribution in [3.8, 4) is 0 Å². The highest BCUT2D eigenvalue weighted by Crippen LogP contribution is 2.30. The van der Waals surface area contributed by atoms with Gasteiger partial charge in [-0.25, -0.2) is 0 Å². The van der Waals surface area contributed by atoms with Crippen LogP contribution in [0.25, 0.3) is 0 Å². The number of nitrogens with zero attached hydrogens (tertiary/aromatic N) is 1. The molecule has 2 aliphatic carbocycles. The zero-order valence-corrected chi connectivity index (χ0v) is 8.92. The van der Waals surface area contributed by atoms with Gasteiger partial charge in [0.05, 0.1) is 0 Å². The van der Waals surface area contributed by atoms with E-state index in [4.69, 9.17) is 0 Å². The standard InChI is InChI=1S/C11H22N2/c1-12-11-5-3-4-9(11)8-13(2)10-6-7-10/h9-12H,3-8H2,1-2H3. The Morgan fingerprint density at radius 3 is 2.62 bits per heavy atom. The van der Waals surface area contributed by atoms with Crippen molar-refractivity contribution in [2.75, 3.05) is 20.6 Å². The molecule has 0 aromatic carbocycles. The third kappa shape index (κ3) is 2.23. The van der Waals surface area contributed by atoms with Gasteiger partial charge in [0.25, 0.3) is 0 Å². The Kier molecular flexibility index (Phi) is 2.89. The van der Waals surface area contributed by atoms with Crippen molar-refractivity contribution in [3.63, 3.8) is 0 Å². The average molecular weight is 182 g/mol. The molecule has 0 bridgehead atoms. The molecular formula is C11H22N2. The minimum atomic E-state index is 0.793. The van der Waals surface area contributed by atoms with Crippen LogP contribution in [0.2, 0.25) is 0 Å². The van der Waals surface area contributed by atoms with Crippen molar-refractivity contribution in [3.05, 3.63) is 0 Å². The second-order valence-corrected chi connectivity index (χ2v) is 4.76. The highest BCUT2D eigenvalue weighted by atomic mass is 15.2. The van der Waals surface area contributed by atoms with Gasteiger partial charge >= 0.3 is 0 Å². The van der Waals surface area contributed by atoms with E-state index in [0.29, 0.717) is 0 Å². The summed E-state index contributed by atoms with van der Waals surface area (Å²) in [6.45, 7) is 1.32. The quantitative estimate of drug-likeness (QED) is 0.708. The van der Waals surface area contributed by atoms with Crippen molar-refractivity contribution >= 4 is 0 Å². The summed E-state index contributed by atoms with van der Waals surface area (Å²) < 4.78 is 0. The first-order valence-electron chi connectivity index (χ1n) is 5.68. The van der Waals surface area contributed by atoms with Gasteiger partial charge in [0, 0.05) is 18.6 Å². The van der Waals surface area contributed by atoms with Gasteiger partial charge in [-0.05, 0) is 45.7 Å². The largest absolute Gasteiger partial charge is 0.317 e. The number of nitrogens with one attached hydrogen (secondary N) is 1. The van der Waals surface area contributed by atoms with Crippen molar-refractivity contribution in [1.29, 1.82) is 0 Å². The lowest BCUT2D eigenvalue weighted by Gasteiger charge is -2.25. The van der Waals surface area contributed by atoms with E-state index >= 15 is 0 Å². The SMILES string of the molecule is CNC1CCCC1CN(C)C1CC1. The summed E-state index contributed by atoms with van der Waals surface area (Å²) in [6.07, 6.45) is 7.12. The second kappa shape index (κ2) is 3.97. The predicted octanol–water partition coefficient (Wildman–Crippen LogP) is 1.47. The van der Waals surface area contributed by atoms with E-state index in [-0.39, 0.29) is 0 Å². The minimum Gasteiger partial charge on any atom is -0.317 e. The van der Waals surface area contributed by atoms with E-state index in [0.717, 1.165) is 18.0 Å². The molecule has 0 heterocycles. The minimum absolute atomic E-state index is 0.793. The molecule has 2 unspecified atom stereocenters. The van der Waals surface area contributed by atoms with E-state index < -0.39 is 0 Å². The Labute approximate surface area is 81.7 Å². The summed E-state index contributed by atoms with van der Waals surface area (Å²) in [7, 11) is 4.41. The third-order valence-corrected chi connectivity index (χ3v) is 3.72. The lowest BCUT2D eigenvalue weighted by Crippen LogP contribution is -2.37. The van der Waals surface area contributed by atoms with Crippen LogP contribution in [0.3, 0.4) is 0 Å². The zero-order chi connectivity index (χ0) is 9.26. The van der Waals surface area contributed by atoms with Gasteiger partial charge in [-0.2, -0.15) is 0 Å². The summed E-state index contributed by atoms with van der Waals surface area (Å²) in [4.78, 5) is 2.57. The molecule has 76 valence electrons. The van der Waals surface area contributed by atoms with Crippen LogP contribution in [0.4, 0.5) is 0 Å². The lowest BCUT2D eigenvalue weighted by atomic mass is 10.0. The van der Waals surface area contributed by atoms with Crippen LogP contribution in [0.5, 0.6) is 0 Å². The Hall–Kier alpha value is -0.0800. The second-order valence-electron chi connectivity index (χ2n) is 4.76. The third-order valence-electron chi connectivity index (χ3n) is 3.72. The molecule has 13 heavy (non-hydrogen) atoms. The maximum atomic E-state index is 3.45. The maximum Gasteiger partial charge on any atom is 0.0104 e. The first-order valence-corrected chi connectivity index (χ1v) is 5.68. The summed E-state index contributed by atoms with van der Waals surface area (Å²) in [5.74, 6) is 0.913. The molecule has 0 amide bonds. The smallest absolute Gasteiger partial charge is 0.0104 e. The van der Waals surface area contributed by atoms with E-state index in [9.17, 15) is 0 Å². The zero-order valence-electron chi connectivity index (χ0n) is 8.92.